The lowest BCUT2D eigenvalue weighted by Crippen LogP contribution is -2.57. The van der Waals surface area contributed by atoms with Gasteiger partial charge in [-0.05, 0) is 60.2 Å². The van der Waals surface area contributed by atoms with Gasteiger partial charge in [0.25, 0.3) is 0 Å². The number of aromatic nitrogens is 1. The number of alkyl carbamates (subject to hydrolysis) is 1. The summed E-state index contributed by atoms with van der Waals surface area (Å²) in [5, 5.41) is 18.4. The van der Waals surface area contributed by atoms with Crippen LogP contribution in [0.25, 0.3) is 22.0 Å². The number of aromatic amines is 1. The van der Waals surface area contributed by atoms with Gasteiger partial charge >= 0.3 is 18.0 Å². The molecule has 3 atom stereocenters. The van der Waals surface area contributed by atoms with Crippen molar-refractivity contribution in [2.45, 2.75) is 69.7 Å². The highest BCUT2D eigenvalue weighted by Gasteiger charge is 2.34. The van der Waals surface area contributed by atoms with Gasteiger partial charge in [0, 0.05) is 35.9 Å². The summed E-state index contributed by atoms with van der Waals surface area (Å²) in [5.74, 6) is -4.04. The Morgan fingerprint density at radius 3 is 1.95 bits per heavy atom. The Kier molecular flexibility index (Phi) is 11.6. The minimum atomic E-state index is -1.61. The highest BCUT2D eigenvalue weighted by atomic mass is 16.6. The van der Waals surface area contributed by atoms with Crippen molar-refractivity contribution < 1.29 is 38.6 Å². The number of carbonyl (C=O) groups is 5. The molecule has 1 aliphatic rings. The van der Waals surface area contributed by atoms with E-state index in [2.05, 4.69) is 20.9 Å². The molecular formula is C43H44N4O8. The first-order valence-corrected chi connectivity index (χ1v) is 18.1. The van der Waals surface area contributed by atoms with Crippen molar-refractivity contribution in [1.82, 2.24) is 20.9 Å². The fourth-order valence-electron chi connectivity index (χ4n) is 6.86. The number of benzene rings is 4. The zero-order valence-electron chi connectivity index (χ0n) is 30.8. The Balaban J connectivity index is 1.21. The van der Waals surface area contributed by atoms with E-state index in [9.17, 15) is 29.1 Å². The largest absolute Gasteiger partial charge is 0.481 e. The van der Waals surface area contributed by atoms with Crippen molar-refractivity contribution in [3.05, 3.63) is 132 Å². The minimum absolute atomic E-state index is 0.00119. The number of carboxylic acid groups (broad SMARTS) is 1. The van der Waals surface area contributed by atoms with Crippen LogP contribution in [0.5, 0.6) is 0 Å². The van der Waals surface area contributed by atoms with Crippen LogP contribution in [0.1, 0.15) is 55.4 Å². The first kappa shape index (κ1) is 38.3. The van der Waals surface area contributed by atoms with Gasteiger partial charge in [0.1, 0.15) is 30.3 Å². The van der Waals surface area contributed by atoms with Gasteiger partial charge in [0.15, 0.2) is 0 Å². The molecule has 1 aromatic heterocycles. The van der Waals surface area contributed by atoms with E-state index < -0.39 is 60.0 Å². The molecule has 12 nitrogen and oxygen atoms in total. The Labute approximate surface area is 318 Å². The van der Waals surface area contributed by atoms with Gasteiger partial charge in [-0.1, -0.05) is 97.1 Å². The van der Waals surface area contributed by atoms with E-state index >= 15 is 0 Å². The summed E-state index contributed by atoms with van der Waals surface area (Å²) in [6.07, 6.45) is 0.0988. The molecule has 0 unspecified atom stereocenters. The molecule has 5 N–H and O–H groups in total. The Hall–Kier alpha value is -6.43. The number of hydrogen-bond donors (Lipinski definition) is 5. The van der Waals surface area contributed by atoms with E-state index in [1.54, 1.807) is 51.2 Å². The molecule has 0 bridgehead atoms. The molecule has 12 heteroatoms. The van der Waals surface area contributed by atoms with Crippen LogP contribution >= 0.6 is 0 Å². The quantitative estimate of drug-likeness (QED) is 0.0908. The first-order chi connectivity index (χ1) is 26.4. The van der Waals surface area contributed by atoms with Crippen LogP contribution in [-0.2, 0) is 41.5 Å². The number of esters is 1. The van der Waals surface area contributed by atoms with Gasteiger partial charge in [0.2, 0.25) is 11.8 Å². The number of H-pyrrole nitrogens is 1. The topological polar surface area (TPSA) is 176 Å². The second-order valence-corrected chi connectivity index (χ2v) is 14.5. The van der Waals surface area contributed by atoms with Crippen molar-refractivity contribution in [3.8, 4) is 11.1 Å². The van der Waals surface area contributed by atoms with Crippen LogP contribution in [0.15, 0.2) is 109 Å². The fraction of sp³-hybridized carbons (Fsp3) is 0.279. The molecule has 0 spiro atoms. The fourth-order valence-corrected chi connectivity index (χ4v) is 6.86. The van der Waals surface area contributed by atoms with E-state index in [1.165, 1.54) is 0 Å². The van der Waals surface area contributed by atoms with E-state index in [4.69, 9.17) is 9.47 Å². The zero-order chi connectivity index (χ0) is 39.1. The monoisotopic (exact) mass is 744 g/mol. The van der Waals surface area contributed by atoms with Gasteiger partial charge in [-0.25, -0.2) is 9.59 Å². The lowest BCUT2D eigenvalue weighted by atomic mass is 9.98. The summed E-state index contributed by atoms with van der Waals surface area (Å²) in [6.45, 7) is 5.07. The maximum atomic E-state index is 14.1. The summed E-state index contributed by atoms with van der Waals surface area (Å²) in [7, 11) is 0. The molecule has 5 aromatic rings. The SMILES string of the molecule is CC(C)(C)OC(=O)[C@H](Cc1ccccc1)NC(=O)[C@H](CC(=O)O)NC(=O)[C@H](Cc1c[nH]c2ccccc12)NC(=O)OCC1c2ccccc2-c2ccccc21. The molecule has 1 aliphatic carbocycles. The van der Waals surface area contributed by atoms with E-state index in [-0.39, 0.29) is 25.4 Å². The molecule has 6 rings (SSSR count). The third kappa shape index (κ3) is 9.58. The number of para-hydroxylation sites is 1. The Bertz CT molecular complexity index is 2150. The molecule has 3 amide bonds. The van der Waals surface area contributed by atoms with E-state index in [1.807, 2.05) is 78.9 Å². The molecule has 0 saturated carbocycles. The van der Waals surface area contributed by atoms with E-state index in [0.717, 1.165) is 38.7 Å². The van der Waals surface area contributed by atoms with Crippen molar-refractivity contribution in [3.63, 3.8) is 0 Å². The molecule has 0 radical (unpaired) electrons. The molecule has 0 aliphatic heterocycles. The predicted molar refractivity (Wildman–Crippen MR) is 206 cm³/mol. The Morgan fingerprint density at radius 2 is 1.29 bits per heavy atom. The van der Waals surface area contributed by atoms with Crippen molar-refractivity contribution in [1.29, 1.82) is 0 Å². The number of nitrogens with one attached hydrogen (secondary N) is 4. The summed E-state index contributed by atoms with van der Waals surface area (Å²) in [6, 6.07) is 28.1. The summed E-state index contributed by atoms with van der Waals surface area (Å²) < 4.78 is 11.3. The van der Waals surface area contributed by atoms with Gasteiger partial charge < -0.3 is 35.5 Å². The third-order valence-electron chi connectivity index (χ3n) is 9.35. The molecule has 284 valence electrons. The average Bonchev–Trinajstić information content (AvgIpc) is 3.71. The molecule has 0 saturated heterocycles. The maximum absolute atomic E-state index is 14.1. The summed E-state index contributed by atoms with van der Waals surface area (Å²) >= 11 is 0. The molecule has 1 heterocycles. The summed E-state index contributed by atoms with van der Waals surface area (Å²) in [5.41, 5.74) is 5.52. The first-order valence-electron chi connectivity index (χ1n) is 18.1. The van der Waals surface area contributed by atoms with Crippen LogP contribution < -0.4 is 16.0 Å². The highest BCUT2D eigenvalue weighted by Crippen LogP contribution is 2.44. The van der Waals surface area contributed by atoms with Crippen LogP contribution in [0.3, 0.4) is 0 Å². The van der Waals surface area contributed by atoms with Gasteiger partial charge in [-0.3, -0.25) is 14.4 Å². The normalized spacial score (nSPS) is 13.8. The van der Waals surface area contributed by atoms with Crippen molar-refractivity contribution in [2.24, 2.45) is 0 Å². The van der Waals surface area contributed by atoms with Gasteiger partial charge in [-0.15, -0.1) is 0 Å². The van der Waals surface area contributed by atoms with Gasteiger partial charge in [0.05, 0.1) is 6.42 Å². The average molecular weight is 745 g/mol. The van der Waals surface area contributed by atoms with Crippen molar-refractivity contribution in [2.75, 3.05) is 6.61 Å². The number of aliphatic carboxylic acids is 1. The highest BCUT2D eigenvalue weighted by molar-refractivity contribution is 5.95. The predicted octanol–water partition coefficient (Wildman–Crippen LogP) is 5.65. The van der Waals surface area contributed by atoms with E-state index in [0.29, 0.717) is 5.56 Å². The number of ether oxygens (including phenoxy) is 2. The maximum Gasteiger partial charge on any atom is 0.407 e. The smallest absolute Gasteiger partial charge is 0.407 e. The number of rotatable bonds is 14. The summed E-state index contributed by atoms with van der Waals surface area (Å²) in [4.78, 5) is 69.8. The lowest BCUT2D eigenvalue weighted by molar-refractivity contribution is -0.158. The number of hydrogen-bond acceptors (Lipinski definition) is 7. The van der Waals surface area contributed by atoms with Crippen LogP contribution in [0.2, 0.25) is 0 Å². The molecule has 4 aromatic carbocycles. The van der Waals surface area contributed by atoms with Gasteiger partial charge in [-0.2, -0.15) is 0 Å². The minimum Gasteiger partial charge on any atom is -0.481 e. The van der Waals surface area contributed by atoms with Crippen molar-refractivity contribution >= 4 is 40.7 Å². The van der Waals surface area contributed by atoms with Crippen LogP contribution in [0, 0.1) is 0 Å². The lowest BCUT2D eigenvalue weighted by Gasteiger charge is -2.27. The molecule has 0 fully saturated rings. The van der Waals surface area contributed by atoms with Crippen LogP contribution in [-0.4, -0.2) is 70.3 Å². The number of carboxylic acids is 1. The second-order valence-electron chi connectivity index (χ2n) is 14.5. The number of carbonyl (C=O) groups excluding carboxylic acids is 4. The third-order valence-corrected chi connectivity index (χ3v) is 9.35. The van der Waals surface area contributed by atoms with Crippen LogP contribution in [0.4, 0.5) is 4.79 Å². The standard InChI is InChI=1S/C43H44N4O8/c1-43(2,3)55-41(52)37(21-26-13-5-4-6-14-26)46-40(51)36(23-38(48)49)45-39(50)35(22-27-24-44-34-20-12-11-15-28(27)34)47-42(53)54-25-33-31-18-9-7-16-29(31)30-17-8-10-19-32(30)33/h4-20,24,33,35-37,44H,21-23,25H2,1-3H3,(H,45,50)(H,46,51)(H,47,53)(H,48,49)/t35-,36-,37-/m0/s1. The molecular weight excluding hydrogens is 700 g/mol. The number of fused-ring (bicyclic) bond motifs is 4. The Morgan fingerprint density at radius 1 is 0.709 bits per heavy atom. The second kappa shape index (κ2) is 16.7. The zero-order valence-corrected chi connectivity index (χ0v) is 30.8. The number of amides is 3. The molecule has 55 heavy (non-hydrogen) atoms.